The Morgan fingerprint density at radius 1 is 1.28 bits per heavy atom. The van der Waals surface area contributed by atoms with Crippen molar-refractivity contribution in [2.45, 2.75) is 50.4 Å². The highest BCUT2D eigenvalue weighted by Crippen LogP contribution is 2.42. The lowest BCUT2D eigenvalue weighted by molar-refractivity contribution is -0.113. The number of carbonyl (C=O) groups is 1. The van der Waals surface area contributed by atoms with Crippen LogP contribution in [0.15, 0.2) is 35.5 Å². The van der Waals surface area contributed by atoms with E-state index in [1.165, 1.54) is 35.9 Å². The topological polar surface area (TPSA) is 94.8 Å². The highest BCUT2D eigenvalue weighted by molar-refractivity contribution is 7.99. The summed E-state index contributed by atoms with van der Waals surface area (Å²) in [5.41, 5.74) is 0. The van der Waals surface area contributed by atoms with E-state index in [9.17, 15) is 4.79 Å². The third-order valence-corrected chi connectivity index (χ3v) is 6.40. The number of nitrogens with zero attached hydrogens (tertiary/aromatic N) is 5. The highest BCUT2D eigenvalue weighted by Gasteiger charge is 2.27. The molecule has 10 heteroatoms. The molecule has 2 heterocycles. The molecule has 1 aromatic carbocycles. The van der Waals surface area contributed by atoms with E-state index in [0.29, 0.717) is 22.8 Å². The normalized spacial score (nSPS) is 14.6. The Kier molecular flexibility index (Phi) is 6.10. The van der Waals surface area contributed by atoms with Gasteiger partial charge in [-0.2, -0.15) is 0 Å². The first kappa shape index (κ1) is 19.8. The molecular weight excluding hydrogens is 408 g/mol. The third-order valence-electron chi connectivity index (χ3n) is 4.43. The van der Waals surface area contributed by atoms with Crippen LogP contribution in [0.3, 0.4) is 0 Å². The summed E-state index contributed by atoms with van der Waals surface area (Å²) in [6.45, 7) is 4.65. The molecule has 4 rings (SSSR count). The van der Waals surface area contributed by atoms with Gasteiger partial charge in [-0.3, -0.25) is 10.1 Å². The van der Waals surface area contributed by atoms with E-state index in [1.807, 2.05) is 48.7 Å². The van der Waals surface area contributed by atoms with Gasteiger partial charge in [0.05, 0.1) is 5.75 Å². The van der Waals surface area contributed by atoms with Crippen molar-refractivity contribution in [2.24, 2.45) is 0 Å². The van der Waals surface area contributed by atoms with Crippen LogP contribution in [0.5, 0.6) is 5.75 Å². The van der Waals surface area contributed by atoms with E-state index in [2.05, 4.69) is 25.7 Å². The number of ether oxygens (including phenoxy) is 1. The Balaban J connectivity index is 1.35. The lowest BCUT2D eigenvalue weighted by Crippen LogP contribution is -2.15. The van der Waals surface area contributed by atoms with Crippen LogP contribution in [0, 0.1) is 0 Å². The molecule has 0 unspecified atom stereocenters. The average molecular weight is 431 g/mol. The maximum atomic E-state index is 12.3. The zero-order valence-electron chi connectivity index (χ0n) is 16.2. The summed E-state index contributed by atoms with van der Waals surface area (Å²) >= 11 is 2.80. The van der Waals surface area contributed by atoms with Gasteiger partial charge in [0, 0.05) is 12.5 Å². The lowest BCUT2D eigenvalue weighted by Gasteiger charge is -2.15. The van der Waals surface area contributed by atoms with Gasteiger partial charge in [0.25, 0.3) is 0 Å². The summed E-state index contributed by atoms with van der Waals surface area (Å²) in [6, 6.07) is 9.62. The molecule has 0 radical (unpaired) electrons. The Morgan fingerprint density at radius 2 is 2.07 bits per heavy atom. The molecule has 1 fully saturated rings. The summed E-state index contributed by atoms with van der Waals surface area (Å²) in [5.74, 6) is 2.15. The van der Waals surface area contributed by atoms with Gasteiger partial charge in [-0.25, -0.2) is 0 Å². The third kappa shape index (κ3) is 4.94. The quantitative estimate of drug-likeness (QED) is 0.515. The second-order valence-corrected chi connectivity index (χ2v) is 8.67. The van der Waals surface area contributed by atoms with Gasteiger partial charge in [-0.05, 0) is 38.8 Å². The number of carbonyl (C=O) groups excluding carboxylic acids is 1. The molecule has 152 valence electrons. The van der Waals surface area contributed by atoms with Gasteiger partial charge in [0.2, 0.25) is 11.0 Å². The number of hydrogen-bond acceptors (Lipinski definition) is 8. The lowest BCUT2D eigenvalue weighted by atomic mass is 10.3. The van der Waals surface area contributed by atoms with Crippen LogP contribution in [-0.4, -0.2) is 36.6 Å². The monoisotopic (exact) mass is 430 g/mol. The summed E-state index contributed by atoms with van der Waals surface area (Å²) < 4.78 is 7.94. The average Bonchev–Trinajstić information content (AvgIpc) is 3.33. The predicted octanol–water partition coefficient (Wildman–Crippen LogP) is 3.90. The Labute approximate surface area is 177 Å². The van der Waals surface area contributed by atoms with E-state index >= 15 is 0 Å². The molecule has 2 aromatic heterocycles. The molecule has 0 spiro atoms. The Morgan fingerprint density at radius 3 is 2.79 bits per heavy atom. The smallest absolute Gasteiger partial charge is 0.236 e. The van der Waals surface area contributed by atoms with E-state index in [0.717, 1.165) is 16.6 Å². The maximum absolute atomic E-state index is 12.3. The van der Waals surface area contributed by atoms with Crippen molar-refractivity contribution in [2.75, 3.05) is 11.1 Å². The highest BCUT2D eigenvalue weighted by atomic mass is 32.2. The molecule has 1 aliphatic carbocycles. The number of aromatic nitrogens is 5. The van der Waals surface area contributed by atoms with E-state index in [-0.39, 0.29) is 17.8 Å². The van der Waals surface area contributed by atoms with Crippen molar-refractivity contribution in [1.82, 2.24) is 25.0 Å². The zero-order valence-corrected chi connectivity index (χ0v) is 17.9. The second kappa shape index (κ2) is 8.91. The molecular formula is C19H22N6O2S2. The standard InChI is InChI=1S/C19H22N6O2S2/c1-3-25-16(12(2)27-14-7-5-4-6-8-14)21-24-19(25)28-11-15(26)20-18-23-22-17(29-18)13-9-10-13/h4-8,12-13H,3,9-11H2,1-2H3,(H,20,23,26)/t12-/m1/s1. The van der Waals surface area contributed by atoms with Crippen LogP contribution in [-0.2, 0) is 11.3 Å². The molecule has 0 bridgehead atoms. The fourth-order valence-electron chi connectivity index (χ4n) is 2.83. The number of anilines is 1. The predicted molar refractivity (Wildman–Crippen MR) is 112 cm³/mol. The van der Waals surface area contributed by atoms with Crippen molar-refractivity contribution in [1.29, 1.82) is 0 Å². The SMILES string of the molecule is CCn1c(SCC(=O)Nc2nnc(C3CC3)s2)nnc1[C@@H](C)Oc1ccccc1. The first-order chi connectivity index (χ1) is 14.1. The number of amides is 1. The van der Waals surface area contributed by atoms with Crippen molar-refractivity contribution in [3.8, 4) is 5.75 Å². The number of rotatable bonds is 9. The van der Waals surface area contributed by atoms with Crippen LogP contribution in [0.4, 0.5) is 5.13 Å². The van der Waals surface area contributed by atoms with E-state index < -0.39 is 0 Å². The molecule has 3 aromatic rings. The first-order valence-corrected chi connectivity index (χ1v) is 11.3. The minimum Gasteiger partial charge on any atom is -0.483 e. The van der Waals surface area contributed by atoms with Crippen molar-refractivity contribution < 1.29 is 9.53 Å². The molecule has 29 heavy (non-hydrogen) atoms. The summed E-state index contributed by atoms with van der Waals surface area (Å²) in [6.07, 6.45) is 2.08. The molecule has 1 N–H and O–H groups in total. The Bertz CT molecular complexity index is 970. The van der Waals surface area contributed by atoms with Gasteiger partial charge >= 0.3 is 0 Å². The van der Waals surface area contributed by atoms with Gasteiger partial charge in [-0.1, -0.05) is 41.3 Å². The molecule has 0 saturated heterocycles. The van der Waals surface area contributed by atoms with Crippen LogP contribution in [0.2, 0.25) is 0 Å². The number of hydrogen-bond donors (Lipinski definition) is 1. The number of benzene rings is 1. The van der Waals surface area contributed by atoms with E-state index in [4.69, 9.17) is 4.74 Å². The minimum atomic E-state index is -0.254. The van der Waals surface area contributed by atoms with Crippen molar-refractivity contribution in [3.63, 3.8) is 0 Å². The summed E-state index contributed by atoms with van der Waals surface area (Å²) in [7, 11) is 0. The van der Waals surface area contributed by atoms with Gasteiger partial charge in [-0.15, -0.1) is 20.4 Å². The second-order valence-electron chi connectivity index (χ2n) is 6.71. The summed E-state index contributed by atoms with van der Waals surface area (Å²) in [4.78, 5) is 12.3. The number of para-hydroxylation sites is 1. The van der Waals surface area contributed by atoms with E-state index in [1.54, 1.807) is 0 Å². The maximum Gasteiger partial charge on any atom is 0.236 e. The minimum absolute atomic E-state index is 0.130. The molecule has 8 nitrogen and oxygen atoms in total. The molecule has 0 aliphatic heterocycles. The van der Waals surface area contributed by atoms with Crippen molar-refractivity contribution in [3.05, 3.63) is 41.2 Å². The first-order valence-electron chi connectivity index (χ1n) is 9.55. The molecule has 1 saturated carbocycles. The number of nitrogens with one attached hydrogen (secondary N) is 1. The molecule has 1 aliphatic rings. The van der Waals surface area contributed by atoms with Crippen LogP contribution < -0.4 is 10.1 Å². The Hall–Kier alpha value is -2.46. The van der Waals surface area contributed by atoms with Gasteiger partial charge < -0.3 is 9.30 Å². The fraction of sp³-hybridized carbons (Fsp3) is 0.421. The largest absolute Gasteiger partial charge is 0.483 e. The van der Waals surface area contributed by atoms with Crippen molar-refractivity contribution >= 4 is 34.1 Å². The fourth-order valence-corrected chi connectivity index (χ4v) is 4.56. The summed E-state index contributed by atoms with van der Waals surface area (Å²) in [5, 5.41) is 21.8. The van der Waals surface area contributed by atoms with Crippen LogP contribution in [0.1, 0.15) is 49.5 Å². The van der Waals surface area contributed by atoms with Crippen LogP contribution >= 0.6 is 23.1 Å². The molecule has 1 atom stereocenters. The molecule has 1 amide bonds. The number of thioether (sulfide) groups is 1. The zero-order chi connectivity index (χ0) is 20.2. The van der Waals surface area contributed by atoms with Crippen LogP contribution in [0.25, 0.3) is 0 Å². The van der Waals surface area contributed by atoms with Gasteiger partial charge in [0.15, 0.2) is 17.1 Å². The van der Waals surface area contributed by atoms with Gasteiger partial charge in [0.1, 0.15) is 10.8 Å².